The molecule has 0 saturated carbocycles. The second kappa shape index (κ2) is 9.52. The third-order valence-electron chi connectivity index (χ3n) is 2.00. The van der Waals surface area contributed by atoms with Crippen molar-refractivity contribution in [2.24, 2.45) is 0 Å². The van der Waals surface area contributed by atoms with E-state index in [0.29, 0.717) is 13.2 Å². The van der Waals surface area contributed by atoms with Crippen LogP contribution in [0.25, 0.3) is 0 Å². The molecule has 6 heteroatoms. The van der Waals surface area contributed by atoms with Gasteiger partial charge in [0.1, 0.15) is 5.57 Å². The van der Waals surface area contributed by atoms with Gasteiger partial charge >= 0.3 is 5.97 Å². The average Bonchev–Trinajstić information content (AvgIpc) is 2.35. The molecule has 0 aromatic rings. The van der Waals surface area contributed by atoms with Crippen molar-refractivity contribution in [3.05, 3.63) is 11.8 Å². The molecule has 0 heterocycles. The molecule has 0 saturated heterocycles. The molecule has 0 amide bonds. The van der Waals surface area contributed by atoms with Gasteiger partial charge in [0, 0.05) is 33.5 Å². The van der Waals surface area contributed by atoms with Crippen LogP contribution in [0.2, 0.25) is 0 Å². The Labute approximate surface area is 114 Å². The van der Waals surface area contributed by atoms with Crippen molar-refractivity contribution < 1.29 is 23.8 Å². The molecule has 0 rings (SSSR count). The molecule has 6 nitrogen and oxygen atoms in total. The molecule has 0 unspecified atom stereocenters. The maximum Gasteiger partial charge on any atom is 0.343 e. The first-order valence-corrected chi connectivity index (χ1v) is 6.30. The standard InChI is InChI=1S/C13H23NO5/c1-6-17-12(16)10(9-14(4)5)11(15)13(18-7-2)19-8-3/h9,13H,6-8H2,1-5H3/b10-9-. The van der Waals surface area contributed by atoms with E-state index < -0.39 is 18.0 Å². The maximum absolute atomic E-state index is 12.2. The smallest absolute Gasteiger partial charge is 0.343 e. The molecule has 19 heavy (non-hydrogen) atoms. The number of Topliss-reactive ketones (excluding diaryl/α,β-unsaturated/α-hetero) is 1. The zero-order valence-corrected chi connectivity index (χ0v) is 12.3. The predicted molar refractivity (Wildman–Crippen MR) is 70.5 cm³/mol. The Morgan fingerprint density at radius 1 is 1.05 bits per heavy atom. The summed E-state index contributed by atoms with van der Waals surface area (Å²) in [5.41, 5.74) is -0.0845. The highest BCUT2D eigenvalue weighted by atomic mass is 16.7. The van der Waals surface area contributed by atoms with Crippen molar-refractivity contribution >= 4 is 11.8 Å². The molecular formula is C13H23NO5. The number of hydrogen-bond donors (Lipinski definition) is 0. The van der Waals surface area contributed by atoms with Gasteiger partial charge in [-0.25, -0.2) is 4.79 Å². The van der Waals surface area contributed by atoms with Gasteiger partial charge in [0.05, 0.1) is 6.61 Å². The van der Waals surface area contributed by atoms with Gasteiger partial charge in [-0.2, -0.15) is 0 Å². The van der Waals surface area contributed by atoms with Crippen LogP contribution in [0, 0.1) is 0 Å². The summed E-state index contributed by atoms with van der Waals surface area (Å²) in [6.45, 7) is 6.00. The minimum atomic E-state index is -1.08. The SMILES string of the molecule is CCOC(=O)/C(=C\N(C)C)C(=O)C(OCC)OCC. The Morgan fingerprint density at radius 2 is 1.58 bits per heavy atom. The summed E-state index contributed by atoms with van der Waals surface area (Å²) in [6.07, 6.45) is 0.330. The van der Waals surface area contributed by atoms with Gasteiger partial charge in [-0.15, -0.1) is 0 Å². The largest absolute Gasteiger partial charge is 0.462 e. The van der Waals surface area contributed by atoms with Crippen LogP contribution >= 0.6 is 0 Å². The molecule has 0 aromatic carbocycles. The van der Waals surface area contributed by atoms with Crippen molar-refractivity contribution in [2.45, 2.75) is 27.1 Å². The fourth-order valence-corrected chi connectivity index (χ4v) is 1.31. The van der Waals surface area contributed by atoms with Crippen LogP contribution in [0.5, 0.6) is 0 Å². The molecule has 0 aliphatic carbocycles. The van der Waals surface area contributed by atoms with E-state index in [0.717, 1.165) is 0 Å². The van der Waals surface area contributed by atoms with E-state index in [4.69, 9.17) is 14.2 Å². The number of hydrogen-bond acceptors (Lipinski definition) is 6. The Bertz CT molecular complexity index is 319. The minimum Gasteiger partial charge on any atom is -0.462 e. The van der Waals surface area contributed by atoms with Gasteiger partial charge in [-0.1, -0.05) is 0 Å². The van der Waals surface area contributed by atoms with Crippen LogP contribution in [0.3, 0.4) is 0 Å². The van der Waals surface area contributed by atoms with Crippen molar-refractivity contribution in [1.29, 1.82) is 0 Å². The van der Waals surface area contributed by atoms with E-state index in [1.807, 2.05) is 0 Å². The number of carbonyl (C=O) groups is 2. The number of esters is 1. The topological polar surface area (TPSA) is 65.1 Å². The van der Waals surface area contributed by atoms with Gasteiger partial charge in [-0.3, -0.25) is 4.79 Å². The summed E-state index contributed by atoms with van der Waals surface area (Å²) in [5, 5.41) is 0. The highest BCUT2D eigenvalue weighted by Gasteiger charge is 2.28. The number of rotatable bonds is 9. The van der Waals surface area contributed by atoms with E-state index in [1.165, 1.54) is 6.20 Å². The lowest BCUT2D eigenvalue weighted by Gasteiger charge is -2.17. The molecule has 0 spiro atoms. The first kappa shape index (κ1) is 17.6. The second-order valence-electron chi connectivity index (χ2n) is 3.83. The van der Waals surface area contributed by atoms with Gasteiger partial charge in [0.15, 0.2) is 0 Å². The first-order chi connectivity index (χ1) is 8.97. The number of ketones is 1. The maximum atomic E-state index is 12.2. The molecule has 0 aliphatic heterocycles. The van der Waals surface area contributed by atoms with E-state index in [2.05, 4.69) is 0 Å². The van der Waals surface area contributed by atoms with Gasteiger partial charge in [-0.05, 0) is 20.8 Å². The highest BCUT2D eigenvalue weighted by Crippen LogP contribution is 2.09. The zero-order chi connectivity index (χ0) is 14.8. The van der Waals surface area contributed by atoms with Crippen LogP contribution in [0.15, 0.2) is 11.8 Å². The molecule has 0 radical (unpaired) electrons. The van der Waals surface area contributed by atoms with Crippen molar-refractivity contribution in [3.63, 3.8) is 0 Å². The highest BCUT2D eigenvalue weighted by molar-refractivity contribution is 6.18. The molecule has 0 fully saturated rings. The number of nitrogens with zero attached hydrogens (tertiary/aromatic N) is 1. The Hall–Kier alpha value is -1.40. The Morgan fingerprint density at radius 3 is 1.95 bits per heavy atom. The fourth-order valence-electron chi connectivity index (χ4n) is 1.31. The van der Waals surface area contributed by atoms with E-state index in [1.54, 1.807) is 39.8 Å². The number of ether oxygens (including phenoxy) is 3. The van der Waals surface area contributed by atoms with Gasteiger partial charge in [0.25, 0.3) is 0 Å². The second-order valence-corrected chi connectivity index (χ2v) is 3.83. The molecule has 0 N–H and O–H groups in total. The molecule has 0 atom stereocenters. The first-order valence-electron chi connectivity index (χ1n) is 6.30. The van der Waals surface area contributed by atoms with Crippen molar-refractivity contribution in [2.75, 3.05) is 33.9 Å². The lowest BCUT2D eigenvalue weighted by molar-refractivity contribution is -0.166. The molecule has 0 aromatic heterocycles. The van der Waals surface area contributed by atoms with Crippen LogP contribution in [0.4, 0.5) is 0 Å². The van der Waals surface area contributed by atoms with Crippen molar-refractivity contribution in [1.82, 2.24) is 4.90 Å². The van der Waals surface area contributed by atoms with Crippen LogP contribution in [-0.4, -0.2) is 56.9 Å². The molecular weight excluding hydrogens is 250 g/mol. The summed E-state index contributed by atoms with van der Waals surface area (Å²) in [4.78, 5) is 25.6. The predicted octanol–water partition coefficient (Wildman–Crippen LogP) is 0.963. The van der Waals surface area contributed by atoms with E-state index in [-0.39, 0.29) is 12.2 Å². The van der Waals surface area contributed by atoms with Gasteiger partial charge < -0.3 is 19.1 Å². The summed E-state index contributed by atoms with van der Waals surface area (Å²) in [5.74, 6) is -1.21. The molecule has 110 valence electrons. The summed E-state index contributed by atoms with van der Waals surface area (Å²) >= 11 is 0. The monoisotopic (exact) mass is 273 g/mol. The summed E-state index contributed by atoms with van der Waals surface area (Å²) in [7, 11) is 3.42. The van der Waals surface area contributed by atoms with Gasteiger partial charge in [0.2, 0.25) is 12.1 Å². The lowest BCUT2D eigenvalue weighted by atomic mass is 10.1. The number of carbonyl (C=O) groups excluding carboxylic acids is 2. The van der Waals surface area contributed by atoms with Crippen LogP contribution in [-0.2, 0) is 23.8 Å². The zero-order valence-electron chi connectivity index (χ0n) is 12.3. The Kier molecular flexibility index (Phi) is 8.82. The molecule has 0 bridgehead atoms. The normalized spacial score (nSPS) is 11.6. The van der Waals surface area contributed by atoms with Crippen LogP contribution in [0.1, 0.15) is 20.8 Å². The van der Waals surface area contributed by atoms with E-state index in [9.17, 15) is 9.59 Å². The average molecular weight is 273 g/mol. The summed E-state index contributed by atoms with van der Waals surface area (Å²) in [6, 6.07) is 0. The molecule has 0 aliphatic rings. The van der Waals surface area contributed by atoms with Crippen molar-refractivity contribution in [3.8, 4) is 0 Å². The summed E-state index contributed by atoms with van der Waals surface area (Å²) < 4.78 is 15.3. The quantitative estimate of drug-likeness (QED) is 0.205. The third kappa shape index (κ3) is 6.35. The lowest BCUT2D eigenvalue weighted by Crippen LogP contribution is -2.33. The minimum absolute atomic E-state index is 0.0845. The Balaban J connectivity index is 5.12. The third-order valence-corrected chi connectivity index (χ3v) is 2.00. The fraction of sp³-hybridized carbons (Fsp3) is 0.692. The van der Waals surface area contributed by atoms with Crippen LogP contribution < -0.4 is 0 Å². The van der Waals surface area contributed by atoms with E-state index >= 15 is 0 Å².